The van der Waals surface area contributed by atoms with E-state index in [4.69, 9.17) is 9.84 Å². The quantitative estimate of drug-likeness (QED) is 0.479. The van der Waals surface area contributed by atoms with E-state index in [0.717, 1.165) is 0 Å². The molecule has 7 heteroatoms. The summed E-state index contributed by atoms with van der Waals surface area (Å²) in [5.41, 5.74) is -0.723. The number of fused-ring (bicyclic) bond motifs is 1. The van der Waals surface area contributed by atoms with E-state index in [9.17, 15) is 19.7 Å². The van der Waals surface area contributed by atoms with Crippen LogP contribution in [0.4, 0.5) is 5.69 Å². The first-order valence-electron chi connectivity index (χ1n) is 4.89. The predicted octanol–water partition coefficient (Wildman–Crippen LogP) is 1.18. The van der Waals surface area contributed by atoms with Crippen LogP contribution in [0.1, 0.15) is 10.4 Å². The average Bonchev–Trinajstić information content (AvgIpc) is 2.31. The molecule has 1 aliphatic rings. The molecule has 0 spiro atoms. The van der Waals surface area contributed by atoms with Crippen molar-refractivity contribution < 1.29 is 24.4 Å². The summed E-state index contributed by atoms with van der Waals surface area (Å²) in [4.78, 5) is 32.6. The highest BCUT2D eigenvalue weighted by molar-refractivity contribution is 6.15. The Morgan fingerprint density at radius 3 is 2.83 bits per heavy atom. The van der Waals surface area contributed by atoms with Crippen LogP contribution >= 0.6 is 0 Å². The summed E-state index contributed by atoms with van der Waals surface area (Å²) in [6.07, 6.45) is 0.696. The zero-order valence-corrected chi connectivity index (χ0v) is 8.95. The molecule has 7 nitrogen and oxygen atoms in total. The minimum atomic E-state index is -1.30. The molecule has 1 aliphatic heterocycles. The van der Waals surface area contributed by atoms with Crippen molar-refractivity contribution in [3.05, 3.63) is 45.5 Å². The Kier molecular flexibility index (Phi) is 2.80. The number of aliphatic carboxylic acids is 1. The SMILES string of the molecule is O=C(O)C=C1COc2cccc([N+](=O)[O-])c2C1=O. The topological polar surface area (TPSA) is 107 Å². The van der Waals surface area contributed by atoms with E-state index in [0.29, 0.717) is 6.08 Å². The predicted molar refractivity (Wildman–Crippen MR) is 58.6 cm³/mol. The molecule has 0 aliphatic carbocycles. The van der Waals surface area contributed by atoms with E-state index in [1.165, 1.54) is 18.2 Å². The summed E-state index contributed by atoms with van der Waals surface area (Å²) < 4.78 is 5.14. The second-order valence-electron chi connectivity index (χ2n) is 3.53. The Hall–Kier alpha value is -2.70. The van der Waals surface area contributed by atoms with Crippen LogP contribution in [-0.4, -0.2) is 28.4 Å². The molecule has 1 aromatic rings. The Labute approximate surface area is 100 Å². The normalized spacial score (nSPS) is 16.0. The molecule has 92 valence electrons. The van der Waals surface area contributed by atoms with Gasteiger partial charge in [0.05, 0.1) is 4.92 Å². The van der Waals surface area contributed by atoms with Gasteiger partial charge in [0, 0.05) is 17.7 Å². The lowest BCUT2D eigenvalue weighted by molar-refractivity contribution is -0.385. The minimum absolute atomic E-state index is 0.0942. The molecule has 0 unspecified atom stereocenters. The monoisotopic (exact) mass is 249 g/mol. The van der Waals surface area contributed by atoms with Crippen molar-refractivity contribution in [2.24, 2.45) is 0 Å². The zero-order valence-electron chi connectivity index (χ0n) is 8.95. The van der Waals surface area contributed by atoms with Crippen LogP contribution in [0, 0.1) is 10.1 Å². The maximum absolute atomic E-state index is 12.0. The van der Waals surface area contributed by atoms with Crippen molar-refractivity contribution in [3.63, 3.8) is 0 Å². The molecular weight excluding hydrogens is 242 g/mol. The highest BCUT2D eigenvalue weighted by Gasteiger charge is 2.31. The van der Waals surface area contributed by atoms with Crippen molar-refractivity contribution in [2.75, 3.05) is 6.61 Å². The van der Waals surface area contributed by atoms with Crippen LogP contribution < -0.4 is 4.74 Å². The van der Waals surface area contributed by atoms with Gasteiger partial charge < -0.3 is 9.84 Å². The number of hydrogen-bond acceptors (Lipinski definition) is 5. The molecule has 0 bridgehead atoms. The molecule has 0 aromatic heterocycles. The molecule has 0 radical (unpaired) electrons. The zero-order chi connectivity index (χ0) is 13.3. The molecule has 0 saturated heterocycles. The van der Waals surface area contributed by atoms with E-state index >= 15 is 0 Å². The molecule has 1 heterocycles. The molecule has 1 N–H and O–H groups in total. The van der Waals surface area contributed by atoms with Gasteiger partial charge in [0.1, 0.15) is 17.9 Å². The Morgan fingerprint density at radius 2 is 2.22 bits per heavy atom. The lowest BCUT2D eigenvalue weighted by Crippen LogP contribution is -2.21. The van der Waals surface area contributed by atoms with Crippen LogP contribution in [0.2, 0.25) is 0 Å². The summed E-state index contributed by atoms with van der Waals surface area (Å²) in [5.74, 6) is -1.90. The minimum Gasteiger partial charge on any atom is -0.488 e. The molecular formula is C11H7NO6. The number of ketones is 1. The average molecular weight is 249 g/mol. The van der Waals surface area contributed by atoms with E-state index in [1.54, 1.807) is 0 Å². The van der Waals surface area contributed by atoms with Crippen molar-refractivity contribution in [1.29, 1.82) is 0 Å². The summed E-state index contributed by atoms with van der Waals surface area (Å²) in [6.45, 7) is -0.209. The summed E-state index contributed by atoms with van der Waals surface area (Å²) in [7, 11) is 0. The van der Waals surface area contributed by atoms with Gasteiger partial charge in [-0.1, -0.05) is 6.07 Å². The molecule has 2 rings (SSSR count). The fourth-order valence-corrected chi connectivity index (χ4v) is 1.66. The molecule has 18 heavy (non-hydrogen) atoms. The Balaban J connectivity index is 2.58. The number of carbonyl (C=O) groups is 2. The molecule has 0 fully saturated rings. The van der Waals surface area contributed by atoms with Gasteiger partial charge in [0.15, 0.2) is 0 Å². The standard InChI is InChI=1S/C11H7NO6/c13-9(14)4-6-5-18-8-3-1-2-7(12(16)17)10(8)11(6)15/h1-4H,5H2,(H,13,14). The lowest BCUT2D eigenvalue weighted by Gasteiger charge is -2.17. The third kappa shape index (κ3) is 1.93. The van der Waals surface area contributed by atoms with E-state index in [-0.39, 0.29) is 23.5 Å². The number of hydrogen-bond donors (Lipinski definition) is 1. The van der Waals surface area contributed by atoms with Gasteiger partial charge in [-0.3, -0.25) is 14.9 Å². The molecule has 0 atom stereocenters. The Morgan fingerprint density at radius 1 is 1.50 bits per heavy atom. The second-order valence-corrected chi connectivity index (χ2v) is 3.53. The van der Waals surface area contributed by atoms with Gasteiger partial charge in [-0.05, 0) is 6.07 Å². The van der Waals surface area contributed by atoms with Crippen LogP contribution in [0.25, 0.3) is 0 Å². The van der Waals surface area contributed by atoms with Crippen LogP contribution in [0.5, 0.6) is 5.75 Å². The lowest BCUT2D eigenvalue weighted by atomic mass is 9.98. The maximum atomic E-state index is 12.0. The van der Waals surface area contributed by atoms with Gasteiger partial charge in [-0.15, -0.1) is 0 Å². The number of nitro benzene ring substituents is 1. The van der Waals surface area contributed by atoms with Crippen LogP contribution in [0.3, 0.4) is 0 Å². The second kappa shape index (κ2) is 4.28. The van der Waals surface area contributed by atoms with Crippen molar-refractivity contribution in [2.45, 2.75) is 0 Å². The number of carboxylic acid groups (broad SMARTS) is 1. The number of nitrogens with zero attached hydrogens (tertiary/aromatic N) is 1. The first kappa shape index (κ1) is 11.8. The fourth-order valence-electron chi connectivity index (χ4n) is 1.66. The van der Waals surface area contributed by atoms with Gasteiger partial charge >= 0.3 is 5.97 Å². The van der Waals surface area contributed by atoms with Crippen LogP contribution in [0.15, 0.2) is 29.8 Å². The van der Waals surface area contributed by atoms with Crippen molar-refractivity contribution in [3.8, 4) is 5.75 Å². The van der Waals surface area contributed by atoms with Gasteiger partial charge in [0.2, 0.25) is 5.78 Å². The smallest absolute Gasteiger partial charge is 0.328 e. The van der Waals surface area contributed by atoms with Crippen LogP contribution in [-0.2, 0) is 4.79 Å². The number of nitro groups is 1. The van der Waals surface area contributed by atoms with E-state index < -0.39 is 22.4 Å². The fraction of sp³-hybridized carbons (Fsp3) is 0.0909. The molecule has 0 saturated carbocycles. The largest absolute Gasteiger partial charge is 0.488 e. The third-order valence-electron chi connectivity index (χ3n) is 2.40. The Bertz CT molecular complexity index is 589. The first-order chi connectivity index (χ1) is 8.50. The number of Topliss-reactive ketones (excluding diaryl/α,β-unsaturated/α-hetero) is 1. The number of rotatable bonds is 2. The third-order valence-corrected chi connectivity index (χ3v) is 2.40. The highest BCUT2D eigenvalue weighted by atomic mass is 16.6. The van der Waals surface area contributed by atoms with E-state index in [1.807, 2.05) is 0 Å². The van der Waals surface area contributed by atoms with Gasteiger partial charge in [0.25, 0.3) is 5.69 Å². The van der Waals surface area contributed by atoms with Gasteiger partial charge in [-0.25, -0.2) is 4.79 Å². The number of ether oxygens (including phenoxy) is 1. The summed E-state index contributed by atoms with van der Waals surface area (Å²) >= 11 is 0. The highest BCUT2D eigenvalue weighted by Crippen LogP contribution is 2.33. The van der Waals surface area contributed by atoms with Gasteiger partial charge in [-0.2, -0.15) is 0 Å². The number of carboxylic acids is 1. The maximum Gasteiger partial charge on any atom is 0.328 e. The summed E-state index contributed by atoms with van der Waals surface area (Å²) in [5, 5.41) is 19.4. The van der Waals surface area contributed by atoms with E-state index in [2.05, 4.69) is 0 Å². The first-order valence-corrected chi connectivity index (χ1v) is 4.89. The molecule has 1 aromatic carbocycles. The number of benzene rings is 1. The summed E-state index contributed by atoms with van der Waals surface area (Å²) in [6, 6.07) is 4.00. The molecule has 0 amide bonds. The van der Waals surface area contributed by atoms with Crippen molar-refractivity contribution >= 4 is 17.4 Å². The van der Waals surface area contributed by atoms with Crippen molar-refractivity contribution in [1.82, 2.24) is 0 Å². The number of carbonyl (C=O) groups excluding carboxylic acids is 1.